The molecule has 0 aromatic rings. The lowest BCUT2D eigenvalue weighted by Gasteiger charge is -2.31. The molecule has 0 saturated heterocycles. The lowest BCUT2D eigenvalue weighted by molar-refractivity contribution is 0.906. The van der Waals surface area contributed by atoms with E-state index in [0.717, 1.165) is 0 Å². The highest BCUT2D eigenvalue weighted by Crippen LogP contribution is 2.31. The molecule has 56 valence electrons. The molecule has 0 heterocycles. The third-order valence-electron chi connectivity index (χ3n) is 1.26. The van der Waals surface area contributed by atoms with Gasteiger partial charge in [0.1, 0.15) is 0 Å². The zero-order chi connectivity index (χ0) is 18.6. The molecule has 0 bridgehead atoms. The van der Waals surface area contributed by atoms with E-state index in [1.807, 2.05) is 0 Å². The maximum absolute atomic E-state index is 8.19. The first-order valence-electron chi connectivity index (χ1n) is 9.19. The van der Waals surface area contributed by atoms with Gasteiger partial charge in [0.25, 0.3) is 0 Å². The van der Waals surface area contributed by atoms with Crippen molar-refractivity contribution in [1.82, 2.24) is 0 Å². The van der Waals surface area contributed by atoms with E-state index in [-0.39, 0.29) is 0 Å². The van der Waals surface area contributed by atoms with E-state index < -0.39 is 45.8 Å². The van der Waals surface area contributed by atoms with Crippen LogP contribution in [0.15, 0.2) is 0 Å². The fraction of sp³-hybridized carbons (Fsp3) is 1.00. The van der Waals surface area contributed by atoms with E-state index in [4.69, 9.17) is 17.8 Å². The molecule has 9 heavy (non-hydrogen) atoms. The number of rotatable bonds is 2. The Hall–Kier alpha value is 0.217. The van der Waals surface area contributed by atoms with E-state index in [1.165, 1.54) is 13.8 Å². The summed E-state index contributed by atoms with van der Waals surface area (Å²) >= 11 is 0. The fourth-order valence-corrected chi connectivity index (χ4v) is 0.866. The fourth-order valence-electron chi connectivity index (χ4n) is 0.289. The van der Waals surface area contributed by atoms with Crippen LogP contribution in [0.4, 0.5) is 0 Å². The third kappa shape index (κ3) is 2.13. The Morgan fingerprint density at radius 2 is 1.89 bits per heavy atom. The highest BCUT2D eigenvalue weighted by atomic mass is 28.3. The molecule has 0 fully saturated rings. The minimum atomic E-state index is -5.26. The first-order valence-corrected chi connectivity index (χ1v) is 4.77. The normalized spacial score (nSPS) is 41.4. The third-order valence-corrected chi connectivity index (χ3v) is 3.78. The van der Waals surface area contributed by atoms with Crippen LogP contribution in [-0.4, -0.2) is 8.07 Å². The molecule has 0 saturated carbocycles. The van der Waals surface area contributed by atoms with Gasteiger partial charge in [0.15, 0.2) is 0 Å². The second kappa shape index (κ2) is 2.87. The maximum Gasteiger partial charge on any atom is 0.0525 e. The second-order valence-corrected chi connectivity index (χ2v) is 5.61. The van der Waals surface area contributed by atoms with Crippen LogP contribution < -0.4 is 0 Å². The predicted molar refractivity (Wildman–Crippen MR) is 47.7 cm³/mol. The molecule has 0 aromatic carbocycles. The summed E-state index contributed by atoms with van der Waals surface area (Å²) < 4.78 is 98.9. The van der Waals surface area contributed by atoms with Gasteiger partial charge < -0.3 is 0 Å². The van der Waals surface area contributed by atoms with Gasteiger partial charge in [-0.2, -0.15) is 0 Å². The summed E-state index contributed by atoms with van der Waals surface area (Å²) in [6.07, 6.45) is 0. The first-order chi connectivity index (χ1) is 9.19. The van der Waals surface area contributed by atoms with Crippen LogP contribution in [0.25, 0.3) is 0 Å². The average molecular weight is 157 g/mol. The molecular weight excluding hydrogens is 124 g/mol. The molecule has 0 unspecified atom stereocenters. The van der Waals surface area contributed by atoms with Gasteiger partial charge in [-0.25, -0.2) is 0 Å². The van der Waals surface area contributed by atoms with Crippen molar-refractivity contribution < 1.29 is 17.8 Å². The van der Waals surface area contributed by atoms with E-state index in [1.54, 1.807) is 0 Å². The van der Waals surface area contributed by atoms with E-state index in [0.29, 0.717) is 0 Å². The molecule has 0 aromatic heterocycles. The van der Waals surface area contributed by atoms with Crippen LogP contribution >= 0.6 is 0 Å². The Balaban J connectivity index is 7.19. The van der Waals surface area contributed by atoms with Crippen molar-refractivity contribution in [3.05, 3.63) is 0 Å². The molecule has 0 rings (SSSR count). The van der Waals surface area contributed by atoms with Crippen molar-refractivity contribution in [3.8, 4) is 0 Å². The van der Waals surface area contributed by atoms with Crippen molar-refractivity contribution in [2.75, 3.05) is 0 Å². The van der Waals surface area contributed by atoms with Crippen molar-refractivity contribution in [2.45, 2.75) is 51.6 Å². The van der Waals surface area contributed by atoms with Crippen molar-refractivity contribution in [2.24, 2.45) is 0 Å². The lowest BCUT2D eigenvalue weighted by Crippen LogP contribution is -2.32. The maximum atomic E-state index is 8.19. The van der Waals surface area contributed by atoms with Gasteiger partial charge in [-0.15, -0.1) is 0 Å². The lowest BCUT2D eigenvalue weighted by atomic mass is 10.5. The molecule has 0 aliphatic carbocycles. The standard InChI is InChI=1S/C8H20Si/c1-7(2)9(5,6)8(3)4/h7-8H,1-6H3/i1D3,2D3,5D3,6D3,7D. The summed E-state index contributed by atoms with van der Waals surface area (Å²) in [7, 11) is -5.26. The summed E-state index contributed by atoms with van der Waals surface area (Å²) in [6, 6.07) is 0. The largest absolute Gasteiger partial charge is 0.0690 e. The van der Waals surface area contributed by atoms with Gasteiger partial charge in [0, 0.05) is 17.8 Å². The zero-order valence-electron chi connectivity index (χ0n) is 18.6. The van der Waals surface area contributed by atoms with Crippen LogP contribution in [0.1, 0.15) is 45.4 Å². The first kappa shape index (κ1) is 1.38. The molecule has 0 nitrogen and oxygen atoms in total. The van der Waals surface area contributed by atoms with E-state index in [2.05, 4.69) is 0 Å². The highest BCUT2D eigenvalue weighted by Gasteiger charge is 2.28. The molecule has 0 N–H and O–H groups in total. The van der Waals surface area contributed by atoms with Crippen LogP contribution in [0.2, 0.25) is 24.0 Å². The molecule has 0 radical (unpaired) electrons. The van der Waals surface area contributed by atoms with Crippen LogP contribution in [0.3, 0.4) is 0 Å². The Bertz CT molecular complexity index is 366. The Kier molecular flexibility index (Phi) is 0.440. The summed E-state index contributed by atoms with van der Waals surface area (Å²) in [5, 5.41) is 0. The van der Waals surface area contributed by atoms with Crippen LogP contribution in [0, 0.1) is 0 Å². The number of hydrogen-bond acceptors (Lipinski definition) is 0. The van der Waals surface area contributed by atoms with E-state index >= 15 is 0 Å². The SMILES string of the molecule is [2H]C([2H])([2H])C([2H])(C([2H])([2H])[2H])[Si](C(C)C)(C([2H])([2H])[2H])C([2H])([2H])[2H]. The quantitative estimate of drug-likeness (QED) is 0.538. The predicted octanol–water partition coefficient (Wildman–Crippen LogP) is 3.51. The molecular formula is C8H20Si. The van der Waals surface area contributed by atoms with Gasteiger partial charge >= 0.3 is 0 Å². The van der Waals surface area contributed by atoms with E-state index in [9.17, 15) is 0 Å². The topological polar surface area (TPSA) is 0 Å². The Labute approximate surface area is 78.9 Å². The molecule has 0 aliphatic rings. The molecule has 0 spiro atoms. The van der Waals surface area contributed by atoms with Gasteiger partial charge in [-0.1, -0.05) is 51.6 Å². The van der Waals surface area contributed by atoms with Gasteiger partial charge in [0.05, 0.1) is 8.07 Å². The summed E-state index contributed by atoms with van der Waals surface area (Å²) in [4.78, 5) is 0. The molecule has 0 atom stereocenters. The van der Waals surface area contributed by atoms with Crippen LogP contribution in [0.5, 0.6) is 0 Å². The minimum Gasteiger partial charge on any atom is -0.0690 e. The second-order valence-electron chi connectivity index (χ2n) is 2.34. The van der Waals surface area contributed by atoms with Crippen molar-refractivity contribution in [1.29, 1.82) is 0 Å². The monoisotopic (exact) mass is 157 g/mol. The summed E-state index contributed by atoms with van der Waals surface area (Å²) in [5.74, 6) is 0. The Morgan fingerprint density at radius 1 is 1.33 bits per heavy atom. The van der Waals surface area contributed by atoms with Crippen molar-refractivity contribution >= 4 is 8.07 Å². The smallest absolute Gasteiger partial charge is 0.0525 e. The zero-order valence-corrected chi connectivity index (χ0v) is 6.58. The molecule has 0 aliphatic heterocycles. The van der Waals surface area contributed by atoms with Crippen LogP contribution in [-0.2, 0) is 0 Å². The Morgan fingerprint density at radius 3 is 2.00 bits per heavy atom. The summed E-state index contributed by atoms with van der Waals surface area (Å²) in [6.45, 7) is -11.6. The average Bonchev–Trinajstić information content (AvgIpc) is 2.07. The minimum absolute atomic E-state index is 1.17. The van der Waals surface area contributed by atoms with Gasteiger partial charge in [-0.3, -0.25) is 0 Å². The number of hydrogen-bond donors (Lipinski definition) is 0. The molecule has 0 amide bonds. The van der Waals surface area contributed by atoms with Crippen molar-refractivity contribution in [3.63, 3.8) is 0 Å². The summed E-state index contributed by atoms with van der Waals surface area (Å²) in [5.41, 5.74) is -4.84. The van der Waals surface area contributed by atoms with Gasteiger partial charge in [0.2, 0.25) is 0 Å². The highest BCUT2D eigenvalue weighted by molar-refractivity contribution is 6.79. The van der Waals surface area contributed by atoms with Gasteiger partial charge in [-0.05, 0) is 0 Å². The molecule has 1 heteroatoms.